The monoisotopic (exact) mass is 443 g/mol. The van der Waals surface area contributed by atoms with Gasteiger partial charge in [-0.25, -0.2) is 4.79 Å². The van der Waals surface area contributed by atoms with E-state index in [1.54, 1.807) is 0 Å². The Hall–Kier alpha value is -3.22. The number of carbonyl (C=O) groups is 6. The predicted molar refractivity (Wildman–Crippen MR) is 105 cm³/mol. The molecule has 0 aromatic carbocycles. The second-order valence-electron chi connectivity index (χ2n) is 7.36. The molecule has 0 aliphatic carbocycles. The number of nitrogens with zero attached hydrogens (tertiary/aromatic N) is 1. The van der Waals surface area contributed by atoms with Crippen molar-refractivity contribution in [2.24, 2.45) is 11.5 Å². The Morgan fingerprint density at radius 1 is 1.06 bits per heavy atom. The number of aliphatic carboxylic acids is 2. The molecule has 1 fully saturated rings. The van der Waals surface area contributed by atoms with Crippen molar-refractivity contribution in [1.82, 2.24) is 15.5 Å². The number of nitrogens with one attached hydrogen (secondary N) is 2. The van der Waals surface area contributed by atoms with Gasteiger partial charge in [0.2, 0.25) is 23.6 Å². The van der Waals surface area contributed by atoms with Crippen LogP contribution in [0.25, 0.3) is 0 Å². The summed E-state index contributed by atoms with van der Waals surface area (Å²) in [6.07, 6.45) is -0.00181. The van der Waals surface area contributed by atoms with Crippen LogP contribution in [0.2, 0.25) is 0 Å². The van der Waals surface area contributed by atoms with Gasteiger partial charge in [-0.05, 0) is 32.6 Å². The third-order valence-corrected chi connectivity index (χ3v) is 4.87. The van der Waals surface area contributed by atoms with E-state index < -0.39 is 59.7 Å². The number of hydrogen-bond acceptors (Lipinski definition) is 7. The van der Waals surface area contributed by atoms with E-state index in [4.69, 9.17) is 16.6 Å². The van der Waals surface area contributed by atoms with Gasteiger partial charge in [0.1, 0.15) is 18.1 Å². The number of hydrogen-bond donors (Lipinski definition) is 6. The van der Waals surface area contributed by atoms with Crippen molar-refractivity contribution in [3.05, 3.63) is 0 Å². The van der Waals surface area contributed by atoms with Gasteiger partial charge < -0.3 is 37.2 Å². The molecule has 4 amide bonds. The molecule has 0 aromatic heterocycles. The number of nitrogens with two attached hydrogens (primary N) is 2. The van der Waals surface area contributed by atoms with Crippen LogP contribution in [-0.4, -0.2) is 81.4 Å². The Labute approximate surface area is 178 Å². The Bertz CT molecular complexity index is 728. The standard InChI is InChI=1S/C18H29N5O8/c1-9(21-15(27)10(19)4-7-14(25)26)17(29)23-8-2-3-12(23)16(28)22-11(18(30)31)5-6-13(20)24/h9-12H,2-8,19H2,1H3,(H2,20,24)(H,21,27)(H,22,28)(H,25,26)(H,30,31). The van der Waals surface area contributed by atoms with Crippen molar-refractivity contribution < 1.29 is 39.0 Å². The minimum Gasteiger partial charge on any atom is -0.481 e. The van der Waals surface area contributed by atoms with Crippen LogP contribution in [0.5, 0.6) is 0 Å². The van der Waals surface area contributed by atoms with Gasteiger partial charge in [0.25, 0.3) is 0 Å². The third kappa shape index (κ3) is 8.20. The molecule has 1 rings (SSSR count). The second-order valence-corrected chi connectivity index (χ2v) is 7.36. The topological polar surface area (TPSA) is 222 Å². The van der Waals surface area contributed by atoms with Gasteiger partial charge in [-0.2, -0.15) is 0 Å². The fourth-order valence-corrected chi connectivity index (χ4v) is 3.16. The van der Waals surface area contributed by atoms with Crippen LogP contribution >= 0.6 is 0 Å². The first-order valence-corrected chi connectivity index (χ1v) is 9.83. The molecule has 1 heterocycles. The summed E-state index contributed by atoms with van der Waals surface area (Å²) in [5.74, 6) is -5.07. The first kappa shape index (κ1) is 25.8. The molecule has 0 spiro atoms. The molecule has 174 valence electrons. The first-order valence-electron chi connectivity index (χ1n) is 9.83. The molecule has 1 saturated heterocycles. The molecule has 4 unspecified atom stereocenters. The zero-order valence-corrected chi connectivity index (χ0v) is 17.2. The van der Waals surface area contributed by atoms with E-state index in [-0.39, 0.29) is 32.2 Å². The lowest BCUT2D eigenvalue weighted by atomic mass is 10.1. The number of carbonyl (C=O) groups excluding carboxylic acids is 4. The van der Waals surface area contributed by atoms with Crippen LogP contribution in [0.15, 0.2) is 0 Å². The average Bonchev–Trinajstić information content (AvgIpc) is 3.17. The first-order chi connectivity index (χ1) is 14.4. The van der Waals surface area contributed by atoms with Crippen molar-refractivity contribution in [1.29, 1.82) is 0 Å². The molecule has 0 saturated carbocycles. The predicted octanol–water partition coefficient (Wildman–Crippen LogP) is -2.49. The van der Waals surface area contributed by atoms with Crippen LogP contribution in [0.3, 0.4) is 0 Å². The maximum Gasteiger partial charge on any atom is 0.326 e. The number of primary amides is 1. The van der Waals surface area contributed by atoms with Crippen molar-refractivity contribution in [2.75, 3.05) is 6.54 Å². The highest BCUT2D eigenvalue weighted by atomic mass is 16.4. The number of carboxylic acids is 2. The van der Waals surface area contributed by atoms with Crippen LogP contribution < -0.4 is 22.1 Å². The van der Waals surface area contributed by atoms with Gasteiger partial charge in [-0.1, -0.05) is 0 Å². The van der Waals surface area contributed by atoms with Crippen LogP contribution in [0, 0.1) is 0 Å². The normalized spacial score (nSPS) is 18.5. The summed E-state index contributed by atoms with van der Waals surface area (Å²) in [6, 6.07) is -4.39. The lowest BCUT2D eigenvalue weighted by molar-refractivity contribution is -0.145. The molecule has 4 atom stereocenters. The molecule has 0 aromatic rings. The van der Waals surface area contributed by atoms with Gasteiger partial charge in [0, 0.05) is 19.4 Å². The zero-order chi connectivity index (χ0) is 23.7. The summed E-state index contributed by atoms with van der Waals surface area (Å²) in [6.45, 7) is 1.64. The number of likely N-dealkylation sites (tertiary alicyclic amines) is 1. The van der Waals surface area contributed by atoms with Crippen LogP contribution in [-0.2, 0) is 28.8 Å². The van der Waals surface area contributed by atoms with Crippen molar-refractivity contribution in [2.45, 2.75) is 69.6 Å². The Morgan fingerprint density at radius 3 is 2.26 bits per heavy atom. The quantitative estimate of drug-likeness (QED) is 0.187. The van der Waals surface area contributed by atoms with Crippen molar-refractivity contribution >= 4 is 35.6 Å². The molecule has 0 radical (unpaired) electrons. The van der Waals surface area contributed by atoms with E-state index in [0.717, 1.165) is 0 Å². The fraction of sp³-hybridized carbons (Fsp3) is 0.667. The Morgan fingerprint density at radius 2 is 1.71 bits per heavy atom. The van der Waals surface area contributed by atoms with Gasteiger partial charge in [0.05, 0.1) is 6.04 Å². The lowest BCUT2D eigenvalue weighted by Gasteiger charge is -2.28. The molecule has 13 nitrogen and oxygen atoms in total. The van der Waals surface area contributed by atoms with E-state index in [2.05, 4.69) is 10.6 Å². The molecule has 31 heavy (non-hydrogen) atoms. The summed E-state index contributed by atoms with van der Waals surface area (Å²) in [5.41, 5.74) is 10.6. The maximum atomic E-state index is 12.7. The Balaban J connectivity index is 2.71. The van der Waals surface area contributed by atoms with Crippen LogP contribution in [0.1, 0.15) is 45.4 Å². The smallest absolute Gasteiger partial charge is 0.326 e. The lowest BCUT2D eigenvalue weighted by Crippen LogP contribution is -2.56. The highest BCUT2D eigenvalue weighted by molar-refractivity contribution is 5.94. The number of rotatable bonds is 12. The minimum absolute atomic E-state index is 0.0985. The summed E-state index contributed by atoms with van der Waals surface area (Å²) in [7, 11) is 0. The minimum atomic E-state index is -1.33. The second kappa shape index (κ2) is 11.8. The third-order valence-electron chi connectivity index (χ3n) is 4.87. The average molecular weight is 443 g/mol. The van der Waals surface area contributed by atoms with E-state index in [9.17, 15) is 33.9 Å². The highest BCUT2D eigenvalue weighted by Crippen LogP contribution is 2.19. The Kier molecular flexibility index (Phi) is 9.86. The summed E-state index contributed by atoms with van der Waals surface area (Å²) < 4.78 is 0. The van der Waals surface area contributed by atoms with Crippen molar-refractivity contribution in [3.63, 3.8) is 0 Å². The number of carboxylic acid groups (broad SMARTS) is 2. The number of amides is 4. The van der Waals surface area contributed by atoms with Gasteiger partial charge in [-0.3, -0.25) is 24.0 Å². The summed E-state index contributed by atoms with van der Waals surface area (Å²) in [5, 5.41) is 22.6. The SMILES string of the molecule is CC(NC(=O)C(N)CCC(=O)O)C(=O)N1CCCC1C(=O)NC(CCC(N)=O)C(=O)O. The molecule has 1 aliphatic heterocycles. The molecule has 8 N–H and O–H groups in total. The molecule has 13 heteroatoms. The fourth-order valence-electron chi connectivity index (χ4n) is 3.16. The van der Waals surface area contributed by atoms with E-state index in [1.165, 1.54) is 11.8 Å². The van der Waals surface area contributed by atoms with Gasteiger partial charge in [-0.15, -0.1) is 0 Å². The van der Waals surface area contributed by atoms with E-state index in [0.29, 0.717) is 12.8 Å². The molecular weight excluding hydrogens is 414 g/mol. The van der Waals surface area contributed by atoms with E-state index in [1.807, 2.05) is 0 Å². The molecule has 1 aliphatic rings. The molecule has 0 bridgehead atoms. The summed E-state index contributed by atoms with van der Waals surface area (Å²) in [4.78, 5) is 71.4. The zero-order valence-electron chi connectivity index (χ0n) is 17.2. The maximum absolute atomic E-state index is 12.7. The van der Waals surface area contributed by atoms with Crippen molar-refractivity contribution in [3.8, 4) is 0 Å². The summed E-state index contributed by atoms with van der Waals surface area (Å²) >= 11 is 0. The highest BCUT2D eigenvalue weighted by Gasteiger charge is 2.38. The molecular formula is C18H29N5O8. The largest absolute Gasteiger partial charge is 0.481 e. The van der Waals surface area contributed by atoms with Gasteiger partial charge in [0.15, 0.2) is 0 Å². The van der Waals surface area contributed by atoms with Gasteiger partial charge >= 0.3 is 11.9 Å². The van der Waals surface area contributed by atoms with Crippen LogP contribution in [0.4, 0.5) is 0 Å². The van der Waals surface area contributed by atoms with E-state index >= 15 is 0 Å².